The maximum atomic E-state index is 5.53. The summed E-state index contributed by atoms with van der Waals surface area (Å²) in [7, 11) is 0. The molecular weight excluding hydrogens is 176 g/mol. The molecule has 0 amide bonds. The fourth-order valence-corrected chi connectivity index (χ4v) is 1.02. The summed E-state index contributed by atoms with van der Waals surface area (Å²) in [6.45, 7) is 8.31. The van der Waals surface area contributed by atoms with Gasteiger partial charge in [0.2, 0.25) is 5.88 Å². The lowest BCUT2D eigenvalue weighted by molar-refractivity contribution is 0.234. The number of anilines is 1. The van der Waals surface area contributed by atoms with E-state index < -0.39 is 0 Å². The van der Waals surface area contributed by atoms with Gasteiger partial charge in [0.05, 0.1) is 11.8 Å². The molecule has 0 spiro atoms. The molecule has 0 saturated heterocycles. The Kier molecular flexibility index (Phi) is 3.98. The smallest absolute Gasteiger partial charge is 0.237 e. The first-order chi connectivity index (χ1) is 6.74. The molecule has 1 N–H and O–H groups in total. The van der Waals surface area contributed by atoms with Gasteiger partial charge < -0.3 is 10.1 Å². The summed E-state index contributed by atoms with van der Waals surface area (Å²) in [5, 5.41) is 3.16. The molecular formula is C11H16N2O. The van der Waals surface area contributed by atoms with Crippen molar-refractivity contribution in [2.45, 2.75) is 20.0 Å². The van der Waals surface area contributed by atoms with E-state index in [0.29, 0.717) is 12.4 Å². The highest BCUT2D eigenvalue weighted by Gasteiger charge is 2.04. The second-order valence-corrected chi connectivity index (χ2v) is 3.19. The second-order valence-electron chi connectivity index (χ2n) is 3.19. The molecule has 0 atom stereocenters. The van der Waals surface area contributed by atoms with Crippen molar-refractivity contribution in [3.63, 3.8) is 0 Å². The van der Waals surface area contributed by atoms with Crippen LogP contribution in [0.5, 0.6) is 5.88 Å². The number of nitrogens with zero attached hydrogens (tertiary/aromatic N) is 1. The minimum atomic E-state index is 0.134. The van der Waals surface area contributed by atoms with Gasteiger partial charge in [0, 0.05) is 12.7 Å². The van der Waals surface area contributed by atoms with E-state index in [4.69, 9.17) is 4.74 Å². The van der Waals surface area contributed by atoms with Crippen LogP contribution >= 0.6 is 0 Å². The van der Waals surface area contributed by atoms with Gasteiger partial charge in [-0.05, 0) is 26.0 Å². The predicted molar refractivity (Wildman–Crippen MR) is 58.7 cm³/mol. The summed E-state index contributed by atoms with van der Waals surface area (Å²) in [5.41, 5.74) is 0.904. The fraction of sp³-hybridized carbons (Fsp3) is 0.364. The van der Waals surface area contributed by atoms with E-state index in [1.165, 1.54) is 0 Å². The molecule has 3 heteroatoms. The first-order valence-corrected chi connectivity index (χ1v) is 4.70. The Labute approximate surface area is 84.8 Å². The average Bonchev–Trinajstić information content (AvgIpc) is 2.16. The average molecular weight is 192 g/mol. The molecule has 0 saturated carbocycles. The van der Waals surface area contributed by atoms with Crippen molar-refractivity contribution in [1.82, 2.24) is 4.98 Å². The lowest BCUT2D eigenvalue weighted by Gasteiger charge is -2.12. The largest absolute Gasteiger partial charge is 0.473 e. The maximum absolute atomic E-state index is 5.53. The summed E-state index contributed by atoms with van der Waals surface area (Å²) in [6.07, 6.45) is 3.65. The molecule has 0 aromatic carbocycles. The van der Waals surface area contributed by atoms with Crippen LogP contribution in [0.4, 0.5) is 5.69 Å². The van der Waals surface area contributed by atoms with Gasteiger partial charge in [-0.25, -0.2) is 4.98 Å². The molecule has 1 aromatic heterocycles. The minimum Gasteiger partial charge on any atom is -0.473 e. The first kappa shape index (κ1) is 10.6. The SMILES string of the molecule is C=CCNc1cccnc1OC(C)C. The molecule has 1 rings (SSSR count). The zero-order valence-corrected chi connectivity index (χ0v) is 8.66. The Bertz CT molecular complexity index is 297. The van der Waals surface area contributed by atoms with Gasteiger partial charge in [0.15, 0.2) is 0 Å². The normalized spacial score (nSPS) is 9.93. The Hall–Kier alpha value is -1.51. The van der Waals surface area contributed by atoms with Gasteiger partial charge in [-0.2, -0.15) is 0 Å². The van der Waals surface area contributed by atoms with Crippen molar-refractivity contribution in [3.05, 3.63) is 31.0 Å². The predicted octanol–water partition coefficient (Wildman–Crippen LogP) is 2.47. The summed E-state index contributed by atoms with van der Waals surface area (Å²) in [5.74, 6) is 0.643. The van der Waals surface area contributed by atoms with Gasteiger partial charge in [0.1, 0.15) is 0 Å². The van der Waals surface area contributed by atoms with Gasteiger partial charge in [-0.3, -0.25) is 0 Å². The Morgan fingerprint density at radius 1 is 1.64 bits per heavy atom. The number of rotatable bonds is 5. The molecule has 0 radical (unpaired) electrons. The molecule has 1 heterocycles. The molecule has 0 unspecified atom stereocenters. The number of pyridine rings is 1. The Morgan fingerprint density at radius 2 is 2.43 bits per heavy atom. The van der Waals surface area contributed by atoms with E-state index >= 15 is 0 Å². The highest BCUT2D eigenvalue weighted by atomic mass is 16.5. The molecule has 0 aliphatic heterocycles. The Morgan fingerprint density at radius 3 is 3.07 bits per heavy atom. The third-order valence-electron chi connectivity index (χ3n) is 1.56. The standard InChI is InChI=1S/C11H16N2O/c1-4-7-12-10-6-5-8-13-11(10)14-9(2)3/h4-6,8-9,12H,1,7H2,2-3H3. The molecule has 14 heavy (non-hydrogen) atoms. The van der Waals surface area contributed by atoms with Crippen LogP contribution in [0.25, 0.3) is 0 Å². The van der Waals surface area contributed by atoms with Crippen molar-refractivity contribution in [1.29, 1.82) is 0 Å². The molecule has 0 aliphatic carbocycles. The minimum absolute atomic E-state index is 0.134. The van der Waals surface area contributed by atoms with Gasteiger partial charge in [-0.15, -0.1) is 6.58 Å². The summed E-state index contributed by atoms with van der Waals surface area (Å²) < 4.78 is 5.53. The molecule has 0 bridgehead atoms. The number of aromatic nitrogens is 1. The van der Waals surface area contributed by atoms with E-state index in [1.807, 2.05) is 26.0 Å². The third kappa shape index (κ3) is 3.09. The second kappa shape index (κ2) is 5.27. The van der Waals surface area contributed by atoms with Crippen LogP contribution in [0, 0.1) is 0 Å². The zero-order chi connectivity index (χ0) is 10.4. The number of hydrogen-bond donors (Lipinski definition) is 1. The monoisotopic (exact) mass is 192 g/mol. The van der Waals surface area contributed by atoms with Crippen LogP contribution < -0.4 is 10.1 Å². The molecule has 0 aliphatic rings. The Balaban J connectivity index is 2.74. The lowest BCUT2D eigenvalue weighted by Crippen LogP contribution is -2.09. The van der Waals surface area contributed by atoms with Crippen molar-refractivity contribution in [2.24, 2.45) is 0 Å². The van der Waals surface area contributed by atoms with Gasteiger partial charge in [0.25, 0.3) is 0 Å². The maximum Gasteiger partial charge on any atom is 0.237 e. The molecule has 3 nitrogen and oxygen atoms in total. The molecule has 76 valence electrons. The van der Waals surface area contributed by atoms with Crippen molar-refractivity contribution in [2.75, 3.05) is 11.9 Å². The van der Waals surface area contributed by atoms with E-state index in [-0.39, 0.29) is 6.10 Å². The topological polar surface area (TPSA) is 34.2 Å². The number of hydrogen-bond acceptors (Lipinski definition) is 3. The number of ether oxygens (including phenoxy) is 1. The fourth-order valence-electron chi connectivity index (χ4n) is 1.02. The quantitative estimate of drug-likeness (QED) is 0.728. The van der Waals surface area contributed by atoms with Crippen molar-refractivity contribution >= 4 is 5.69 Å². The van der Waals surface area contributed by atoms with Gasteiger partial charge in [-0.1, -0.05) is 6.08 Å². The zero-order valence-electron chi connectivity index (χ0n) is 8.66. The van der Waals surface area contributed by atoms with Crippen molar-refractivity contribution in [3.8, 4) is 5.88 Å². The van der Waals surface area contributed by atoms with E-state index in [2.05, 4.69) is 16.9 Å². The third-order valence-corrected chi connectivity index (χ3v) is 1.56. The molecule has 1 aromatic rings. The first-order valence-electron chi connectivity index (χ1n) is 4.70. The van der Waals surface area contributed by atoms with Crippen LogP contribution in [0.15, 0.2) is 31.0 Å². The van der Waals surface area contributed by atoms with Crippen LogP contribution in [0.3, 0.4) is 0 Å². The van der Waals surface area contributed by atoms with Crippen LogP contribution in [0.1, 0.15) is 13.8 Å². The highest BCUT2D eigenvalue weighted by molar-refractivity contribution is 5.52. The summed E-state index contributed by atoms with van der Waals surface area (Å²) in [6, 6.07) is 3.81. The van der Waals surface area contributed by atoms with Crippen LogP contribution in [-0.2, 0) is 0 Å². The summed E-state index contributed by atoms with van der Waals surface area (Å²) >= 11 is 0. The van der Waals surface area contributed by atoms with E-state index in [9.17, 15) is 0 Å². The molecule has 0 fully saturated rings. The van der Waals surface area contributed by atoms with Crippen molar-refractivity contribution < 1.29 is 4.74 Å². The van der Waals surface area contributed by atoms with Gasteiger partial charge >= 0.3 is 0 Å². The van der Waals surface area contributed by atoms with Crippen LogP contribution in [0.2, 0.25) is 0 Å². The summed E-state index contributed by atoms with van der Waals surface area (Å²) in [4.78, 5) is 4.15. The van der Waals surface area contributed by atoms with E-state index in [1.54, 1.807) is 12.3 Å². The number of nitrogens with one attached hydrogen (secondary N) is 1. The lowest BCUT2D eigenvalue weighted by atomic mass is 10.4. The van der Waals surface area contributed by atoms with Crippen LogP contribution in [-0.4, -0.2) is 17.6 Å². The highest BCUT2D eigenvalue weighted by Crippen LogP contribution is 2.21. The van der Waals surface area contributed by atoms with E-state index in [0.717, 1.165) is 5.69 Å².